The number of rotatable bonds is 18. The molecule has 0 spiro atoms. The van der Waals surface area contributed by atoms with Crippen LogP contribution in [0.5, 0.6) is 69.0 Å². The number of halogens is 2. The van der Waals surface area contributed by atoms with Gasteiger partial charge >= 0.3 is 0 Å². The number of hydrogen-bond donors (Lipinski definition) is 0. The second-order valence-corrected chi connectivity index (χ2v) is 24.4. The molecule has 0 saturated heterocycles. The Bertz CT molecular complexity index is 4050. The molecule has 0 N–H and O–H groups in total. The molecule has 77 heavy (non-hydrogen) atoms. The molecule has 0 bridgehead atoms. The fourth-order valence-corrected chi connectivity index (χ4v) is 12.0. The summed E-state index contributed by atoms with van der Waals surface area (Å²) < 4.78 is 120. The quantitative estimate of drug-likeness (QED) is 0.0802. The van der Waals surface area contributed by atoms with Crippen LogP contribution >= 0.6 is 31.9 Å². The number of sulfone groups is 3. The van der Waals surface area contributed by atoms with Gasteiger partial charge in [0.15, 0.2) is 0 Å². The molecule has 10 aromatic carbocycles. The lowest BCUT2D eigenvalue weighted by Crippen LogP contribution is -2.04. The lowest BCUT2D eigenvalue weighted by molar-refractivity contribution is 0.452. The van der Waals surface area contributed by atoms with Gasteiger partial charge in [-0.3, -0.25) is 0 Å². The van der Waals surface area contributed by atoms with Gasteiger partial charge in [0.25, 0.3) is 0 Å². The van der Waals surface area contributed by atoms with E-state index in [0.29, 0.717) is 63.2 Å². The SMILES string of the molecule is O=S(=O)(c1ccc(Oc2ccc(Br)cc2)cc1)c1ccc(Oc2cccc(Oc3ccc(S(=O)(=O)c4ccccc4Oc4cccc(Oc5ccc(S(=O)(=O)c6ccc(Oc7ccc(Br)cc7)cc6)cc5)c4)cc3)c2)cc1. The summed E-state index contributed by atoms with van der Waals surface area (Å²) in [5.74, 6) is 4.86. The van der Waals surface area contributed by atoms with E-state index in [1.807, 2.05) is 24.3 Å². The summed E-state index contributed by atoms with van der Waals surface area (Å²) in [6.45, 7) is 0. The highest BCUT2D eigenvalue weighted by atomic mass is 79.9. The molecule has 10 rings (SSSR count). The van der Waals surface area contributed by atoms with Crippen molar-refractivity contribution in [3.63, 3.8) is 0 Å². The largest absolute Gasteiger partial charge is 0.457 e. The van der Waals surface area contributed by atoms with Gasteiger partial charge in [-0.2, -0.15) is 0 Å². The Labute approximate surface area is 461 Å². The normalized spacial score (nSPS) is 11.6. The van der Waals surface area contributed by atoms with E-state index >= 15 is 0 Å². The average molecular weight is 1210 g/mol. The van der Waals surface area contributed by atoms with Crippen LogP contribution in [0.1, 0.15) is 0 Å². The third kappa shape index (κ3) is 12.6. The molecule has 10 aromatic rings. The zero-order valence-electron chi connectivity index (χ0n) is 40.0. The van der Waals surface area contributed by atoms with Gasteiger partial charge in [-0.05, 0) is 206 Å². The summed E-state index contributed by atoms with van der Waals surface area (Å²) in [5, 5.41) is 0. The molecule has 0 unspecified atom stereocenters. The number of benzene rings is 10. The van der Waals surface area contributed by atoms with Gasteiger partial charge in [-0.1, -0.05) is 56.1 Å². The molecule has 17 heteroatoms. The standard InChI is InChI=1S/C60H40Br2O12S3/c61-41-11-15-43(16-12-41)69-45-19-29-54(30-20-45)75(63,64)56-33-23-47(24-34-56)71-50-5-3-6-51(39-50)72-49-27-37-58(38-28-49)77(67,68)60-10-2-1-9-59(60)74-53-8-4-7-52(40-53)73-48-25-35-57(36-26-48)76(65,66)55-31-21-46(22-32-55)70-44-17-13-42(62)14-18-44/h1-40H. The van der Waals surface area contributed by atoms with Crippen molar-refractivity contribution in [3.8, 4) is 69.0 Å². The van der Waals surface area contributed by atoms with E-state index in [-0.39, 0.29) is 35.1 Å². The molecule has 12 nitrogen and oxygen atoms in total. The molecule has 0 fully saturated rings. The molecular formula is C60H40Br2O12S3. The van der Waals surface area contributed by atoms with Crippen molar-refractivity contribution in [2.75, 3.05) is 0 Å². The maximum Gasteiger partial charge on any atom is 0.210 e. The summed E-state index contributed by atoms with van der Waals surface area (Å²) in [4.78, 5) is 0.292. The first kappa shape index (κ1) is 52.3. The molecule has 0 aliphatic carbocycles. The van der Waals surface area contributed by atoms with E-state index in [4.69, 9.17) is 28.4 Å². The predicted molar refractivity (Wildman–Crippen MR) is 297 cm³/mol. The van der Waals surface area contributed by atoms with Crippen LogP contribution in [0.25, 0.3) is 0 Å². The zero-order chi connectivity index (χ0) is 53.6. The fourth-order valence-electron chi connectivity index (χ4n) is 7.60. The summed E-state index contributed by atoms with van der Waals surface area (Å²) in [6, 6.07) is 64.6. The van der Waals surface area contributed by atoms with Gasteiger partial charge in [0, 0.05) is 21.1 Å². The van der Waals surface area contributed by atoms with E-state index < -0.39 is 29.5 Å². The summed E-state index contributed by atoms with van der Waals surface area (Å²) in [6.07, 6.45) is 0. The minimum absolute atomic E-state index is 0.00327. The van der Waals surface area contributed by atoms with Gasteiger partial charge in [0.1, 0.15) is 73.9 Å². The van der Waals surface area contributed by atoms with Crippen LogP contribution < -0.4 is 28.4 Å². The third-order valence-corrected chi connectivity index (χ3v) is 17.9. The third-order valence-electron chi connectivity index (χ3n) is 11.5. The van der Waals surface area contributed by atoms with Crippen LogP contribution in [0.15, 0.2) is 281 Å². The van der Waals surface area contributed by atoms with Crippen molar-refractivity contribution in [1.29, 1.82) is 0 Å². The monoisotopic (exact) mass is 1210 g/mol. The molecule has 0 aliphatic heterocycles. The lowest BCUT2D eigenvalue weighted by Gasteiger charge is -2.14. The molecule has 0 aromatic heterocycles. The minimum Gasteiger partial charge on any atom is -0.457 e. The van der Waals surface area contributed by atoms with E-state index in [1.165, 1.54) is 78.9 Å². The van der Waals surface area contributed by atoms with Crippen LogP contribution in [0.4, 0.5) is 0 Å². The van der Waals surface area contributed by atoms with Crippen LogP contribution in [-0.4, -0.2) is 25.3 Å². The van der Waals surface area contributed by atoms with Gasteiger partial charge in [0.05, 0.1) is 24.5 Å². The number of para-hydroxylation sites is 1. The smallest absolute Gasteiger partial charge is 0.210 e. The van der Waals surface area contributed by atoms with Crippen molar-refractivity contribution in [2.24, 2.45) is 0 Å². The molecule has 0 saturated carbocycles. The van der Waals surface area contributed by atoms with Gasteiger partial charge in [0.2, 0.25) is 29.5 Å². The van der Waals surface area contributed by atoms with Gasteiger partial charge in [-0.25, -0.2) is 25.3 Å². The van der Waals surface area contributed by atoms with Crippen LogP contribution in [0.2, 0.25) is 0 Å². The maximum absolute atomic E-state index is 14.1. The zero-order valence-corrected chi connectivity index (χ0v) is 45.6. The van der Waals surface area contributed by atoms with Crippen molar-refractivity contribution in [1.82, 2.24) is 0 Å². The highest BCUT2D eigenvalue weighted by Crippen LogP contribution is 2.37. The second kappa shape index (κ2) is 22.6. The Balaban J connectivity index is 0.746. The van der Waals surface area contributed by atoms with E-state index in [0.717, 1.165) is 8.95 Å². The lowest BCUT2D eigenvalue weighted by atomic mass is 10.3. The van der Waals surface area contributed by atoms with Crippen molar-refractivity contribution in [2.45, 2.75) is 29.4 Å². The Hall–Kier alpha value is -8.19. The van der Waals surface area contributed by atoms with Crippen LogP contribution in [0, 0.1) is 0 Å². The molecule has 0 heterocycles. The number of ether oxygens (including phenoxy) is 6. The van der Waals surface area contributed by atoms with E-state index in [9.17, 15) is 25.3 Å². The van der Waals surface area contributed by atoms with Crippen LogP contribution in [-0.2, 0) is 29.5 Å². The Kier molecular flexibility index (Phi) is 15.3. The maximum atomic E-state index is 14.1. The fraction of sp³-hybridized carbons (Fsp3) is 0. The second-order valence-electron chi connectivity index (χ2n) is 16.8. The Morgan fingerprint density at radius 3 is 0.792 bits per heavy atom. The molecule has 0 radical (unpaired) electrons. The predicted octanol–water partition coefficient (Wildman–Crippen LogP) is 16.5. The first-order valence-corrected chi connectivity index (χ1v) is 29.3. The number of hydrogen-bond acceptors (Lipinski definition) is 12. The molecular weight excluding hydrogens is 1170 g/mol. The highest BCUT2D eigenvalue weighted by Gasteiger charge is 2.24. The first-order chi connectivity index (χ1) is 37.1. The molecule has 0 aliphatic rings. The van der Waals surface area contributed by atoms with Crippen LogP contribution in [0.3, 0.4) is 0 Å². The first-order valence-electron chi connectivity index (χ1n) is 23.3. The van der Waals surface area contributed by atoms with Crippen molar-refractivity contribution in [3.05, 3.63) is 252 Å². The van der Waals surface area contributed by atoms with Crippen molar-refractivity contribution < 1.29 is 53.7 Å². The highest BCUT2D eigenvalue weighted by molar-refractivity contribution is 9.10. The van der Waals surface area contributed by atoms with Gasteiger partial charge in [-0.15, -0.1) is 0 Å². The van der Waals surface area contributed by atoms with Crippen molar-refractivity contribution >= 4 is 61.4 Å². The average Bonchev–Trinajstić information content (AvgIpc) is 3.43. The molecule has 384 valence electrons. The Morgan fingerprint density at radius 2 is 0.481 bits per heavy atom. The Morgan fingerprint density at radius 1 is 0.234 bits per heavy atom. The minimum atomic E-state index is -4.11. The van der Waals surface area contributed by atoms with E-state index in [2.05, 4.69) is 31.9 Å². The summed E-state index contributed by atoms with van der Waals surface area (Å²) in [5.41, 5.74) is 0. The summed E-state index contributed by atoms with van der Waals surface area (Å²) >= 11 is 6.78. The van der Waals surface area contributed by atoms with E-state index in [1.54, 1.807) is 140 Å². The van der Waals surface area contributed by atoms with Gasteiger partial charge < -0.3 is 28.4 Å². The summed E-state index contributed by atoms with van der Waals surface area (Å²) in [7, 11) is -11.8. The molecule has 0 atom stereocenters. The molecule has 0 amide bonds. The topological polar surface area (TPSA) is 158 Å².